The molecule has 1 N–H and O–H groups in total. The average Bonchev–Trinajstić information content (AvgIpc) is 2.95. The molecule has 0 aromatic rings. The molecule has 6 heteroatoms. The van der Waals surface area contributed by atoms with Crippen molar-refractivity contribution in [1.82, 2.24) is 15.1 Å². The van der Waals surface area contributed by atoms with Crippen LogP contribution in [0, 0.1) is 18.3 Å². The van der Waals surface area contributed by atoms with Gasteiger partial charge < -0.3 is 10.2 Å². The Kier molecular flexibility index (Phi) is 5.99. The fourth-order valence-electron chi connectivity index (χ4n) is 3.03. The number of piperidine rings is 1. The summed E-state index contributed by atoms with van der Waals surface area (Å²) in [7, 11) is 0. The summed E-state index contributed by atoms with van der Waals surface area (Å²) in [6, 6.07) is -0.338. The Bertz CT molecular complexity index is 487. The average molecular weight is 337 g/mol. The smallest absolute Gasteiger partial charge is 0.244 e. The summed E-state index contributed by atoms with van der Waals surface area (Å²) in [4.78, 5) is 29.2. The molecule has 0 spiro atoms. The van der Waals surface area contributed by atoms with Crippen LogP contribution in [0.25, 0.3) is 0 Å². The van der Waals surface area contributed by atoms with Crippen LogP contribution in [0.2, 0.25) is 0 Å². The molecule has 0 radical (unpaired) electrons. The van der Waals surface area contributed by atoms with E-state index in [9.17, 15) is 9.59 Å². The minimum absolute atomic E-state index is 0.0210. The zero-order chi connectivity index (χ0) is 17.0. The van der Waals surface area contributed by atoms with E-state index in [1.807, 2.05) is 20.8 Å². The van der Waals surface area contributed by atoms with Gasteiger partial charge in [-0.1, -0.05) is 5.92 Å². The first-order chi connectivity index (χ1) is 10.8. The maximum atomic E-state index is 12.8. The summed E-state index contributed by atoms with van der Waals surface area (Å²) in [6.45, 7) is 8.25. The molecule has 1 atom stereocenters. The Labute approximate surface area is 143 Å². The van der Waals surface area contributed by atoms with E-state index in [1.165, 1.54) is 0 Å². The van der Waals surface area contributed by atoms with Gasteiger partial charge >= 0.3 is 0 Å². The van der Waals surface area contributed by atoms with Gasteiger partial charge in [0.2, 0.25) is 11.8 Å². The monoisotopic (exact) mass is 337 g/mol. The lowest BCUT2D eigenvalue weighted by Crippen LogP contribution is -2.54. The van der Waals surface area contributed by atoms with E-state index in [0.717, 1.165) is 25.9 Å². The summed E-state index contributed by atoms with van der Waals surface area (Å²) in [6.07, 6.45) is 7.00. The molecule has 0 bridgehead atoms. The third-order valence-corrected chi connectivity index (χ3v) is 5.23. The van der Waals surface area contributed by atoms with Gasteiger partial charge in [0.25, 0.3) is 0 Å². The van der Waals surface area contributed by atoms with Gasteiger partial charge in [0.05, 0.1) is 12.4 Å². The second kappa shape index (κ2) is 7.59. The number of amides is 2. The number of carbonyl (C=O) groups is 2. The Morgan fingerprint density at radius 2 is 1.96 bits per heavy atom. The van der Waals surface area contributed by atoms with Crippen molar-refractivity contribution < 1.29 is 9.59 Å². The van der Waals surface area contributed by atoms with Crippen LogP contribution in [-0.4, -0.2) is 64.5 Å². The number of rotatable bonds is 3. The zero-order valence-electron chi connectivity index (χ0n) is 14.3. The quantitative estimate of drug-likeness (QED) is 0.785. The highest BCUT2D eigenvalue weighted by molar-refractivity contribution is 7.99. The number of carbonyl (C=O) groups excluding carboxylic acids is 2. The first-order valence-electron chi connectivity index (χ1n) is 8.18. The standard InChI is InChI=1S/C17H27N3O2S/c1-5-8-19-9-6-13(7-10-19)16(22)20-12-23-11-14(20)15(21)18-17(2,3)4/h1,13-14H,6-12H2,2-4H3,(H,18,21)/t14-/m0/s1. The molecule has 0 aromatic heterocycles. The second-order valence-electron chi connectivity index (χ2n) is 7.32. The minimum atomic E-state index is -0.338. The highest BCUT2D eigenvalue weighted by Gasteiger charge is 2.39. The molecule has 2 aliphatic rings. The molecule has 2 aliphatic heterocycles. The van der Waals surface area contributed by atoms with E-state index >= 15 is 0 Å². The predicted molar refractivity (Wildman–Crippen MR) is 93.9 cm³/mol. The molecule has 2 fully saturated rings. The van der Waals surface area contributed by atoms with Crippen molar-refractivity contribution in [3.63, 3.8) is 0 Å². The van der Waals surface area contributed by atoms with Crippen LogP contribution in [0.4, 0.5) is 0 Å². The number of nitrogens with one attached hydrogen (secondary N) is 1. The highest BCUT2D eigenvalue weighted by atomic mass is 32.2. The number of terminal acetylenes is 1. The van der Waals surface area contributed by atoms with Crippen LogP contribution in [-0.2, 0) is 9.59 Å². The van der Waals surface area contributed by atoms with Gasteiger partial charge in [-0.25, -0.2) is 0 Å². The molecular formula is C17H27N3O2S. The summed E-state index contributed by atoms with van der Waals surface area (Å²) >= 11 is 1.65. The van der Waals surface area contributed by atoms with Crippen LogP contribution in [0.3, 0.4) is 0 Å². The molecule has 0 aromatic carbocycles. The Morgan fingerprint density at radius 3 is 2.52 bits per heavy atom. The second-order valence-corrected chi connectivity index (χ2v) is 8.32. The van der Waals surface area contributed by atoms with E-state index < -0.39 is 0 Å². The van der Waals surface area contributed by atoms with Crippen LogP contribution in [0.1, 0.15) is 33.6 Å². The predicted octanol–water partition coefficient (Wildman–Crippen LogP) is 1.15. The number of hydrogen-bond donors (Lipinski definition) is 1. The minimum Gasteiger partial charge on any atom is -0.350 e. The number of hydrogen-bond acceptors (Lipinski definition) is 4. The number of thioether (sulfide) groups is 1. The van der Waals surface area contributed by atoms with Crippen molar-refractivity contribution in [3.05, 3.63) is 0 Å². The summed E-state index contributed by atoms with van der Waals surface area (Å²) < 4.78 is 0. The van der Waals surface area contributed by atoms with E-state index in [-0.39, 0.29) is 29.3 Å². The maximum Gasteiger partial charge on any atom is 0.244 e. The molecule has 2 amide bonds. The number of nitrogens with zero attached hydrogens (tertiary/aromatic N) is 2. The molecule has 5 nitrogen and oxygen atoms in total. The lowest BCUT2D eigenvalue weighted by molar-refractivity contribution is -0.142. The van der Waals surface area contributed by atoms with E-state index in [0.29, 0.717) is 18.2 Å². The van der Waals surface area contributed by atoms with Crippen molar-refractivity contribution in [2.45, 2.75) is 45.2 Å². The third kappa shape index (κ3) is 4.89. The van der Waals surface area contributed by atoms with Gasteiger partial charge in [0.1, 0.15) is 6.04 Å². The van der Waals surface area contributed by atoms with Gasteiger partial charge in [0.15, 0.2) is 0 Å². The molecule has 0 unspecified atom stereocenters. The summed E-state index contributed by atoms with van der Waals surface area (Å²) in [5.41, 5.74) is -0.278. The van der Waals surface area contributed by atoms with Gasteiger partial charge in [0, 0.05) is 17.2 Å². The molecule has 2 heterocycles. The molecule has 0 aliphatic carbocycles. The molecule has 2 saturated heterocycles. The van der Waals surface area contributed by atoms with E-state index in [2.05, 4.69) is 16.1 Å². The molecule has 128 valence electrons. The Morgan fingerprint density at radius 1 is 1.30 bits per heavy atom. The third-order valence-electron chi connectivity index (χ3n) is 4.22. The topological polar surface area (TPSA) is 52.7 Å². The van der Waals surface area contributed by atoms with Crippen molar-refractivity contribution in [1.29, 1.82) is 0 Å². The van der Waals surface area contributed by atoms with Crippen molar-refractivity contribution in [2.75, 3.05) is 31.3 Å². The Hall–Kier alpha value is -1.19. The number of likely N-dealkylation sites (tertiary alicyclic amines) is 1. The van der Waals surface area contributed by atoms with Crippen molar-refractivity contribution >= 4 is 23.6 Å². The lowest BCUT2D eigenvalue weighted by atomic mass is 9.95. The zero-order valence-corrected chi connectivity index (χ0v) is 15.1. The maximum absolute atomic E-state index is 12.8. The molecule has 0 saturated carbocycles. The molecular weight excluding hydrogens is 310 g/mol. The largest absolute Gasteiger partial charge is 0.350 e. The first-order valence-corrected chi connectivity index (χ1v) is 9.33. The van der Waals surface area contributed by atoms with E-state index in [1.54, 1.807) is 16.7 Å². The van der Waals surface area contributed by atoms with E-state index in [4.69, 9.17) is 6.42 Å². The normalized spacial score (nSPS) is 23.6. The highest BCUT2D eigenvalue weighted by Crippen LogP contribution is 2.27. The summed E-state index contributed by atoms with van der Waals surface area (Å²) in [5, 5.41) is 3.00. The van der Waals surface area contributed by atoms with Gasteiger partial charge in [-0.3, -0.25) is 14.5 Å². The van der Waals surface area contributed by atoms with Crippen molar-refractivity contribution in [3.8, 4) is 12.3 Å². The van der Waals surface area contributed by atoms with Crippen molar-refractivity contribution in [2.24, 2.45) is 5.92 Å². The Balaban J connectivity index is 1.93. The summed E-state index contributed by atoms with van der Waals surface area (Å²) in [5.74, 6) is 4.06. The fraction of sp³-hybridized carbons (Fsp3) is 0.765. The van der Waals surface area contributed by atoms with Crippen LogP contribution in [0.15, 0.2) is 0 Å². The van der Waals surface area contributed by atoms with Crippen LogP contribution < -0.4 is 5.32 Å². The molecule has 2 rings (SSSR count). The van der Waals surface area contributed by atoms with Gasteiger partial charge in [-0.05, 0) is 46.7 Å². The fourth-order valence-corrected chi connectivity index (χ4v) is 4.20. The lowest BCUT2D eigenvalue weighted by Gasteiger charge is -2.34. The van der Waals surface area contributed by atoms with Gasteiger partial charge in [-0.15, -0.1) is 18.2 Å². The van der Waals surface area contributed by atoms with Crippen LogP contribution in [0.5, 0.6) is 0 Å². The first kappa shape index (κ1) is 18.2. The SMILES string of the molecule is C#CCN1CCC(C(=O)N2CSC[C@H]2C(=O)NC(C)(C)C)CC1. The van der Waals surface area contributed by atoms with Gasteiger partial charge in [-0.2, -0.15) is 0 Å². The van der Waals surface area contributed by atoms with Crippen LogP contribution >= 0.6 is 11.8 Å². The molecule has 23 heavy (non-hydrogen) atoms.